The number of aromatic nitrogens is 3. The molecule has 0 radical (unpaired) electrons. The van der Waals surface area contributed by atoms with Gasteiger partial charge in [0.05, 0.1) is 11.8 Å². The zero-order valence-electron chi connectivity index (χ0n) is 15.6. The highest BCUT2D eigenvalue weighted by Crippen LogP contribution is 2.34. The molecule has 144 valence electrons. The molecule has 2 heterocycles. The maximum Gasteiger partial charge on any atom is 0.231 e. The number of thioether (sulfide) groups is 1. The van der Waals surface area contributed by atoms with Gasteiger partial charge in [-0.2, -0.15) is 0 Å². The zero-order chi connectivity index (χ0) is 19.5. The summed E-state index contributed by atoms with van der Waals surface area (Å²) in [5.41, 5.74) is 3.11. The number of nitrogens with zero attached hydrogens (tertiary/aromatic N) is 2. The number of carbonyl (C=O) groups excluding carboxylic acids is 1. The Morgan fingerprint density at radius 1 is 1.21 bits per heavy atom. The van der Waals surface area contributed by atoms with E-state index in [9.17, 15) is 4.79 Å². The van der Waals surface area contributed by atoms with Gasteiger partial charge in [0, 0.05) is 5.56 Å². The molecular weight excluding hydrogens is 376 g/mol. The van der Waals surface area contributed by atoms with Crippen molar-refractivity contribution in [3.05, 3.63) is 53.6 Å². The van der Waals surface area contributed by atoms with Crippen molar-refractivity contribution in [1.82, 2.24) is 20.5 Å². The van der Waals surface area contributed by atoms with Crippen molar-refractivity contribution in [2.75, 3.05) is 12.5 Å². The second-order valence-corrected chi connectivity index (χ2v) is 7.47. The van der Waals surface area contributed by atoms with Crippen LogP contribution in [0.5, 0.6) is 11.5 Å². The number of ether oxygens (including phenoxy) is 2. The van der Waals surface area contributed by atoms with Gasteiger partial charge in [-0.1, -0.05) is 47.7 Å². The van der Waals surface area contributed by atoms with Crippen molar-refractivity contribution in [2.45, 2.75) is 25.0 Å². The van der Waals surface area contributed by atoms with Gasteiger partial charge in [0.2, 0.25) is 17.9 Å². The number of benzene rings is 2. The molecule has 1 amide bonds. The van der Waals surface area contributed by atoms with Crippen LogP contribution in [0.3, 0.4) is 0 Å². The van der Waals surface area contributed by atoms with Crippen LogP contribution in [0, 0.1) is 6.92 Å². The summed E-state index contributed by atoms with van der Waals surface area (Å²) in [5.74, 6) is 2.28. The molecule has 1 aromatic heterocycles. The van der Waals surface area contributed by atoms with E-state index in [0.29, 0.717) is 16.7 Å². The highest BCUT2D eigenvalue weighted by Gasteiger charge is 2.17. The largest absolute Gasteiger partial charge is 0.454 e. The number of rotatable bonds is 6. The van der Waals surface area contributed by atoms with Gasteiger partial charge < -0.3 is 14.8 Å². The summed E-state index contributed by atoms with van der Waals surface area (Å²) in [5, 5.41) is 10.6. The fourth-order valence-electron chi connectivity index (χ4n) is 2.83. The van der Waals surface area contributed by atoms with Crippen molar-refractivity contribution >= 4 is 17.7 Å². The van der Waals surface area contributed by atoms with E-state index < -0.39 is 0 Å². The van der Waals surface area contributed by atoms with Crippen molar-refractivity contribution in [1.29, 1.82) is 0 Å². The van der Waals surface area contributed by atoms with Crippen LogP contribution in [0.15, 0.2) is 47.6 Å². The number of aromatic amines is 1. The van der Waals surface area contributed by atoms with Gasteiger partial charge in [-0.15, -0.1) is 5.10 Å². The Kier molecular flexibility index (Phi) is 5.21. The summed E-state index contributed by atoms with van der Waals surface area (Å²) >= 11 is 1.29. The molecule has 0 saturated carbocycles. The summed E-state index contributed by atoms with van der Waals surface area (Å²) < 4.78 is 10.7. The van der Waals surface area contributed by atoms with Gasteiger partial charge in [0.25, 0.3) is 0 Å². The van der Waals surface area contributed by atoms with Crippen molar-refractivity contribution in [3.8, 4) is 22.9 Å². The molecule has 3 aromatic rings. The number of aryl methyl sites for hydroxylation is 1. The maximum absolute atomic E-state index is 12.3. The molecule has 0 bridgehead atoms. The number of H-pyrrole nitrogens is 1. The fourth-order valence-corrected chi connectivity index (χ4v) is 3.44. The van der Waals surface area contributed by atoms with E-state index in [2.05, 4.69) is 20.5 Å². The summed E-state index contributed by atoms with van der Waals surface area (Å²) in [6.07, 6.45) is 0. The lowest BCUT2D eigenvalue weighted by Gasteiger charge is -2.14. The Balaban J connectivity index is 1.31. The van der Waals surface area contributed by atoms with Crippen molar-refractivity contribution in [2.24, 2.45) is 0 Å². The molecule has 8 heteroatoms. The number of hydrogen-bond donors (Lipinski definition) is 2. The van der Waals surface area contributed by atoms with E-state index in [-0.39, 0.29) is 24.5 Å². The van der Waals surface area contributed by atoms with Crippen LogP contribution < -0.4 is 14.8 Å². The summed E-state index contributed by atoms with van der Waals surface area (Å²) in [7, 11) is 0. The third kappa shape index (κ3) is 4.12. The Bertz CT molecular complexity index is 987. The lowest BCUT2D eigenvalue weighted by molar-refractivity contribution is -0.119. The number of nitrogens with one attached hydrogen (secondary N) is 2. The van der Waals surface area contributed by atoms with Crippen molar-refractivity contribution in [3.63, 3.8) is 0 Å². The van der Waals surface area contributed by atoms with E-state index in [4.69, 9.17) is 9.47 Å². The van der Waals surface area contributed by atoms with Gasteiger partial charge in [-0.3, -0.25) is 9.89 Å². The van der Waals surface area contributed by atoms with Crippen LogP contribution in [0.4, 0.5) is 0 Å². The van der Waals surface area contributed by atoms with E-state index in [1.54, 1.807) is 0 Å². The normalized spacial score (nSPS) is 13.4. The van der Waals surface area contributed by atoms with E-state index in [1.807, 2.05) is 56.3 Å². The van der Waals surface area contributed by atoms with Crippen LogP contribution in [0.25, 0.3) is 11.4 Å². The molecule has 0 spiro atoms. The third-order valence-corrected chi connectivity index (χ3v) is 5.24. The molecular formula is C20H20N4O3S. The maximum atomic E-state index is 12.3. The number of fused-ring (bicyclic) bond motifs is 1. The van der Waals surface area contributed by atoms with Crippen LogP contribution in [0.1, 0.15) is 24.1 Å². The molecule has 1 aliphatic rings. The standard InChI is InChI=1S/C20H20N4O3S/c1-12-3-5-14(6-4-12)19-22-20(24-23-19)28-10-18(25)21-13(2)15-7-8-16-17(9-15)27-11-26-16/h3-9,13H,10-11H2,1-2H3,(H,21,25)(H,22,23,24)/t13-/m1/s1. The first-order valence-electron chi connectivity index (χ1n) is 8.89. The van der Waals surface area contributed by atoms with Gasteiger partial charge in [0.1, 0.15) is 0 Å². The molecule has 2 N–H and O–H groups in total. The number of carbonyl (C=O) groups is 1. The molecule has 0 fully saturated rings. The molecule has 1 atom stereocenters. The minimum atomic E-state index is -0.141. The molecule has 28 heavy (non-hydrogen) atoms. The van der Waals surface area contributed by atoms with Gasteiger partial charge in [-0.25, -0.2) is 4.98 Å². The van der Waals surface area contributed by atoms with Gasteiger partial charge in [-0.05, 0) is 31.5 Å². The van der Waals surface area contributed by atoms with Crippen LogP contribution >= 0.6 is 11.8 Å². The van der Waals surface area contributed by atoms with E-state index >= 15 is 0 Å². The molecule has 4 rings (SSSR count). The monoisotopic (exact) mass is 396 g/mol. The van der Waals surface area contributed by atoms with Crippen molar-refractivity contribution < 1.29 is 14.3 Å². The first kappa shape index (κ1) is 18.4. The molecule has 2 aromatic carbocycles. The van der Waals surface area contributed by atoms with E-state index in [0.717, 1.165) is 16.9 Å². The smallest absolute Gasteiger partial charge is 0.231 e. The van der Waals surface area contributed by atoms with Crippen LogP contribution in [-0.2, 0) is 4.79 Å². The second-order valence-electron chi connectivity index (χ2n) is 6.52. The predicted octanol–water partition coefficient (Wildman–Crippen LogP) is 3.48. The molecule has 0 saturated heterocycles. The second kappa shape index (κ2) is 7.93. The van der Waals surface area contributed by atoms with E-state index in [1.165, 1.54) is 17.3 Å². The Morgan fingerprint density at radius 3 is 2.82 bits per heavy atom. The average Bonchev–Trinajstić information content (AvgIpc) is 3.35. The summed E-state index contributed by atoms with van der Waals surface area (Å²) in [4.78, 5) is 16.7. The van der Waals surface area contributed by atoms with Gasteiger partial charge >= 0.3 is 0 Å². The highest BCUT2D eigenvalue weighted by molar-refractivity contribution is 7.99. The van der Waals surface area contributed by atoms with Gasteiger partial charge in [0.15, 0.2) is 17.3 Å². The Labute approximate surface area is 166 Å². The lowest BCUT2D eigenvalue weighted by atomic mass is 10.1. The Hall–Kier alpha value is -3.00. The zero-order valence-corrected chi connectivity index (χ0v) is 16.4. The molecule has 7 nitrogen and oxygen atoms in total. The quantitative estimate of drug-likeness (QED) is 0.620. The minimum Gasteiger partial charge on any atom is -0.454 e. The van der Waals surface area contributed by atoms with Crippen LogP contribution in [0.2, 0.25) is 0 Å². The first-order chi connectivity index (χ1) is 13.6. The third-order valence-electron chi connectivity index (χ3n) is 4.40. The fraction of sp³-hybridized carbons (Fsp3) is 0.250. The van der Waals surface area contributed by atoms with Crippen LogP contribution in [-0.4, -0.2) is 33.6 Å². The summed E-state index contributed by atoms with van der Waals surface area (Å²) in [6, 6.07) is 13.6. The average molecular weight is 396 g/mol. The topological polar surface area (TPSA) is 89.1 Å². The molecule has 1 aliphatic heterocycles. The minimum absolute atomic E-state index is 0.0862. The first-order valence-corrected chi connectivity index (χ1v) is 9.88. The molecule has 0 aliphatic carbocycles. The number of amides is 1. The lowest BCUT2D eigenvalue weighted by Crippen LogP contribution is -2.28. The highest BCUT2D eigenvalue weighted by atomic mass is 32.2. The Morgan fingerprint density at radius 2 is 2.00 bits per heavy atom. The SMILES string of the molecule is Cc1ccc(-c2nc(SCC(=O)N[C@H](C)c3ccc4c(c3)OCO4)n[nH]2)cc1. The number of hydrogen-bond acceptors (Lipinski definition) is 6. The predicted molar refractivity (Wildman–Crippen MR) is 106 cm³/mol. The molecule has 0 unspecified atom stereocenters. The summed E-state index contributed by atoms with van der Waals surface area (Å²) in [6.45, 7) is 4.20.